The highest BCUT2D eigenvalue weighted by molar-refractivity contribution is 5.75. The Hall–Kier alpha value is -1.85. The largest absolute Gasteiger partial charge is 0.367 e. The normalized spacial score (nSPS) is 8.73. The first-order chi connectivity index (χ1) is 5.29. The monoisotopic (exact) mass is 153 g/mol. The fraction of sp³-hybridized carbons (Fsp3) is 0. The van der Waals surface area contributed by atoms with Crippen molar-refractivity contribution in [1.29, 1.82) is 0 Å². The molecule has 0 radical (unpaired) electrons. The average Bonchev–Trinajstić information content (AvgIpc) is 2.03. The Morgan fingerprint density at radius 2 is 2.27 bits per heavy atom. The molecular formula is C5H7N5O. The van der Waals surface area contributed by atoms with Crippen molar-refractivity contribution in [3.05, 3.63) is 18.6 Å². The van der Waals surface area contributed by atoms with Gasteiger partial charge in [-0.15, -0.1) is 0 Å². The maximum atomic E-state index is 4.99. The zero-order chi connectivity index (χ0) is 8.10. The molecule has 0 aliphatic carbocycles. The van der Waals surface area contributed by atoms with E-state index < -0.39 is 0 Å². The second kappa shape index (κ2) is 3.35. The van der Waals surface area contributed by atoms with Gasteiger partial charge in [-0.05, 0) is 5.16 Å². The third kappa shape index (κ3) is 2.48. The van der Waals surface area contributed by atoms with Gasteiger partial charge in [0.25, 0.3) is 5.88 Å². The van der Waals surface area contributed by atoms with Crippen molar-refractivity contribution in [3.63, 3.8) is 0 Å². The molecule has 1 rings (SSSR count). The van der Waals surface area contributed by atoms with Crippen LogP contribution in [0.25, 0.3) is 0 Å². The Morgan fingerprint density at radius 1 is 1.45 bits per heavy atom. The Bertz CT molecular complexity index is 242. The summed E-state index contributed by atoms with van der Waals surface area (Å²) in [7, 11) is 0. The number of rotatable bonds is 2. The summed E-state index contributed by atoms with van der Waals surface area (Å²) in [6.45, 7) is 0. The van der Waals surface area contributed by atoms with Crippen LogP contribution < -0.4 is 16.3 Å². The lowest BCUT2D eigenvalue weighted by atomic mass is 10.7. The van der Waals surface area contributed by atoms with Crippen molar-refractivity contribution in [1.82, 2.24) is 9.97 Å². The average molecular weight is 153 g/mol. The van der Waals surface area contributed by atoms with E-state index in [1.807, 2.05) is 0 Å². The number of aromatic nitrogens is 2. The molecule has 0 saturated carbocycles. The van der Waals surface area contributed by atoms with E-state index in [2.05, 4.69) is 20.0 Å². The van der Waals surface area contributed by atoms with E-state index in [9.17, 15) is 0 Å². The predicted molar refractivity (Wildman–Crippen MR) is 38.5 cm³/mol. The van der Waals surface area contributed by atoms with Crippen molar-refractivity contribution >= 4 is 5.96 Å². The minimum atomic E-state index is -0.157. The van der Waals surface area contributed by atoms with Gasteiger partial charge in [0.2, 0.25) is 5.96 Å². The highest BCUT2D eigenvalue weighted by atomic mass is 16.6. The van der Waals surface area contributed by atoms with Crippen LogP contribution in [0, 0.1) is 0 Å². The van der Waals surface area contributed by atoms with E-state index in [0.717, 1.165) is 0 Å². The van der Waals surface area contributed by atoms with Gasteiger partial charge in [0.1, 0.15) is 0 Å². The highest BCUT2D eigenvalue weighted by Crippen LogP contribution is 1.99. The number of nitrogens with zero attached hydrogens (tertiary/aromatic N) is 3. The van der Waals surface area contributed by atoms with Gasteiger partial charge in [0.15, 0.2) is 0 Å². The van der Waals surface area contributed by atoms with Crippen LogP contribution in [0.4, 0.5) is 0 Å². The molecule has 1 heterocycles. The van der Waals surface area contributed by atoms with Gasteiger partial charge in [-0.1, -0.05) is 0 Å². The van der Waals surface area contributed by atoms with Crippen molar-refractivity contribution < 1.29 is 4.84 Å². The summed E-state index contributed by atoms with van der Waals surface area (Å²) in [5.74, 6) is 0.0940. The first kappa shape index (κ1) is 7.26. The quantitative estimate of drug-likeness (QED) is 0.324. The topological polar surface area (TPSA) is 99.4 Å². The number of oxime groups is 1. The van der Waals surface area contributed by atoms with Crippen molar-refractivity contribution in [2.24, 2.45) is 16.6 Å². The van der Waals surface area contributed by atoms with E-state index in [1.54, 1.807) is 0 Å². The minimum Gasteiger partial charge on any atom is -0.367 e. The van der Waals surface area contributed by atoms with Gasteiger partial charge in [-0.25, -0.2) is 4.98 Å². The lowest BCUT2D eigenvalue weighted by molar-refractivity contribution is 0.324. The van der Waals surface area contributed by atoms with E-state index in [0.29, 0.717) is 0 Å². The third-order valence-electron chi connectivity index (χ3n) is 0.784. The van der Waals surface area contributed by atoms with Crippen LogP contribution in [0.1, 0.15) is 0 Å². The van der Waals surface area contributed by atoms with Gasteiger partial charge in [0.05, 0.1) is 6.20 Å². The van der Waals surface area contributed by atoms with E-state index in [4.69, 9.17) is 11.5 Å². The molecule has 0 aliphatic heterocycles. The van der Waals surface area contributed by atoms with Crippen LogP contribution in [0.3, 0.4) is 0 Å². The fourth-order valence-electron chi connectivity index (χ4n) is 0.432. The van der Waals surface area contributed by atoms with Crippen LogP contribution in [-0.2, 0) is 0 Å². The first-order valence-corrected chi connectivity index (χ1v) is 2.81. The summed E-state index contributed by atoms with van der Waals surface area (Å²) in [6.07, 6.45) is 4.38. The smallest absolute Gasteiger partial charge is 0.267 e. The molecule has 0 bridgehead atoms. The SMILES string of the molecule is NC(N)=NOc1cnccn1. The molecule has 0 atom stereocenters. The van der Waals surface area contributed by atoms with E-state index in [1.165, 1.54) is 18.6 Å². The van der Waals surface area contributed by atoms with Crippen LogP contribution in [0.15, 0.2) is 23.7 Å². The van der Waals surface area contributed by atoms with Crippen molar-refractivity contribution in [2.75, 3.05) is 0 Å². The second-order valence-electron chi connectivity index (χ2n) is 1.65. The molecule has 1 aromatic heterocycles. The van der Waals surface area contributed by atoms with Crippen molar-refractivity contribution in [2.45, 2.75) is 0 Å². The summed E-state index contributed by atoms with van der Waals surface area (Å²) in [6, 6.07) is 0. The van der Waals surface area contributed by atoms with Crippen LogP contribution in [0.5, 0.6) is 5.88 Å². The van der Waals surface area contributed by atoms with Crippen molar-refractivity contribution in [3.8, 4) is 5.88 Å². The van der Waals surface area contributed by atoms with E-state index in [-0.39, 0.29) is 11.8 Å². The Labute approximate surface area is 62.9 Å². The molecule has 11 heavy (non-hydrogen) atoms. The Kier molecular flexibility index (Phi) is 2.21. The molecule has 58 valence electrons. The molecule has 0 aromatic carbocycles. The summed E-state index contributed by atoms with van der Waals surface area (Å²) in [5, 5.41) is 3.26. The standard InChI is InChI=1S/C5H7N5O/c6-5(7)10-11-4-3-8-1-2-9-4/h1-3H,(H4,6,7,10). The van der Waals surface area contributed by atoms with Gasteiger partial charge >= 0.3 is 0 Å². The summed E-state index contributed by atoms with van der Waals surface area (Å²) >= 11 is 0. The second-order valence-corrected chi connectivity index (χ2v) is 1.65. The third-order valence-corrected chi connectivity index (χ3v) is 0.784. The number of nitrogens with two attached hydrogens (primary N) is 2. The molecule has 0 fully saturated rings. The highest BCUT2D eigenvalue weighted by Gasteiger charge is 1.90. The van der Waals surface area contributed by atoms with Crippen LogP contribution in [-0.4, -0.2) is 15.9 Å². The van der Waals surface area contributed by atoms with E-state index >= 15 is 0 Å². The maximum absolute atomic E-state index is 4.99. The lowest BCUT2D eigenvalue weighted by Gasteiger charge is -1.94. The molecule has 0 spiro atoms. The summed E-state index contributed by atoms with van der Waals surface area (Å²) < 4.78 is 0. The minimum absolute atomic E-state index is 0.157. The molecule has 4 N–H and O–H groups in total. The predicted octanol–water partition coefficient (Wildman–Crippen LogP) is -0.956. The molecule has 6 nitrogen and oxygen atoms in total. The first-order valence-electron chi connectivity index (χ1n) is 2.81. The molecule has 0 aliphatic rings. The zero-order valence-corrected chi connectivity index (χ0v) is 5.64. The van der Waals surface area contributed by atoms with Crippen LogP contribution >= 0.6 is 0 Å². The molecule has 0 amide bonds. The Balaban J connectivity index is 2.59. The molecule has 1 aromatic rings. The summed E-state index contributed by atoms with van der Waals surface area (Å²) in [5.41, 5.74) is 9.99. The molecule has 0 saturated heterocycles. The van der Waals surface area contributed by atoms with Gasteiger partial charge < -0.3 is 16.3 Å². The van der Waals surface area contributed by atoms with Gasteiger partial charge in [-0.3, -0.25) is 4.98 Å². The van der Waals surface area contributed by atoms with Crippen LogP contribution in [0.2, 0.25) is 0 Å². The lowest BCUT2D eigenvalue weighted by Crippen LogP contribution is -2.23. The zero-order valence-electron chi connectivity index (χ0n) is 5.64. The molecule has 0 unspecified atom stereocenters. The van der Waals surface area contributed by atoms with Gasteiger partial charge in [-0.2, -0.15) is 0 Å². The number of hydrogen-bond acceptors (Lipinski definition) is 4. The molecular weight excluding hydrogens is 146 g/mol. The summed E-state index contributed by atoms with van der Waals surface area (Å²) in [4.78, 5) is 12.1. The van der Waals surface area contributed by atoms with Gasteiger partial charge in [0, 0.05) is 12.4 Å². The number of hydrogen-bond donors (Lipinski definition) is 2. The molecule has 6 heteroatoms. The number of guanidine groups is 1. The fourth-order valence-corrected chi connectivity index (χ4v) is 0.432. The maximum Gasteiger partial charge on any atom is 0.267 e. The Morgan fingerprint density at radius 3 is 2.82 bits per heavy atom.